The van der Waals surface area contributed by atoms with Crippen molar-refractivity contribution in [1.82, 2.24) is 9.88 Å². The maximum absolute atomic E-state index is 13.7. The summed E-state index contributed by atoms with van der Waals surface area (Å²) in [6.07, 6.45) is 1.84. The van der Waals surface area contributed by atoms with Gasteiger partial charge in [0.05, 0.1) is 12.1 Å². The molecule has 1 aliphatic rings. The lowest BCUT2D eigenvalue weighted by Crippen LogP contribution is -2.38. The second-order valence-corrected chi connectivity index (χ2v) is 9.69. The van der Waals surface area contributed by atoms with Gasteiger partial charge in [0.2, 0.25) is 5.91 Å². The first-order valence-corrected chi connectivity index (χ1v) is 12.7. The Hall–Kier alpha value is -3.59. The van der Waals surface area contributed by atoms with E-state index in [4.69, 9.17) is 4.74 Å². The summed E-state index contributed by atoms with van der Waals surface area (Å²) in [6, 6.07) is 11.4. The van der Waals surface area contributed by atoms with Crippen molar-refractivity contribution < 1.29 is 23.5 Å². The van der Waals surface area contributed by atoms with E-state index in [9.17, 15) is 18.8 Å². The van der Waals surface area contributed by atoms with Gasteiger partial charge in [-0.1, -0.05) is 6.07 Å². The number of hydrogen-bond acceptors (Lipinski definition) is 6. The molecule has 0 spiro atoms. The summed E-state index contributed by atoms with van der Waals surface area (Å²) in [5.41, 5.74) is 1.76. The Morgan fingerprint density at radius 1 is 1.11 bits per heavy atom. The molecule has 0 saturated carbocycles. The number of rotatable bonds is 8. The van der Waals surface area contributed by atoms with Gasteiger partial charge in [0.15, 0.2) is 5.78 Å². The second-order valence-electron chi connectivity index (χ2n) is 8.80. The first kappa shape index (κ1) is 25.5. The van der Waals surface area contributed by atoms with Crippen molar-refractivity contribution in [1.29, 1.82) is 0 Å². The number of halogens is 1. The van der Waals surface area contributed by atoms with E-state index in [1.54, 1.807) is 60.7 Å². The van der Waals surface area contributed by atoms with Crippen molar-refractivity contribution in [3.05, 3.63) is 75.5 Å². The Morgan fingerprint density at radius 2 is 1.83 bits per heavy atom. The number of carbonyl (C=O) groups is 3. The molecule has 188 valence electrons. The van der Waals surface area contributed by atoms with E-state index >= 15 is 0 Å². The van der Waals surface area contributed by atoms with Gasteiger partial charge in [-0.2, -0.15) is 0 Å². The highest BCUT2D eigenvalue weighted by Gasteiger charge is 2.26. The summed E-state index contributed by atoms with van der Waals surface area (Å²) in [7, 11) is 1.57. The third-order valence-corrected chi connectivity index (χ3v) is 7.37. The molecule has 3 aromatic rings. The zero-order chi connectivity index (χ0) is 25.7. The van der Waals surface area contributed by atoms with Gasteiger partial charge in [-0.15, -0.1) is 11.3 Å². The van der Waals surface area contributed by atoms with Crippen LogP contribution >= 0.6 is 11.3 Å². The molecule has 0 unspecified atom stereocenters. The summed E-state index contributed by atoms with van der Waals surface area (Å²) >= 11 is 1.42. The zero-order valence-electron chi connectivity index (χ0n) is 20.3. The fourth-order valence-corrected chi connectivity index (χ4v) is 5.09. The average Bonchev–Trinajstić information content (AvgIpc) is 3.40. The zero-order valence-corrected chi connectivity index (χ0v) is 21.1. The van der Waals surface area contributed by atoms with Crippen LogP contribution in [0, 0.1) is 12.7 Å². The molecule has 1 fully saturated rings. The number of nitrogens with zero attached hydrogens (tertiary/aromatic N) is 2. The van der Waals surface area contributed by atoms with Gasteiger partial charge in [0, 0.05) is 48.5 Å². The molecular weight excluding hydrogens is 481 g/mol. The lowest BCUT2D eigenvalue weighted by molar-refractivity contribution is -0.132. The fourth-order valence-electron chi connectivity index (χ4n) is 4.12. The van der Waals surface area contributed by atoms with Crippen LogP contribution in [0.15, 0.2) is 47.8 Å². The largest absolute Gasteiger partial charge is 0.497 e. The topological polar surface area (TPSA) is 88.6 Å². The minimum absolute atomic E-state index is 0.0279. The Labute approximate surface area is 213 Å². The molecule has 2 heterocycles. The molecule has 36 heavy (non-hydrogen) atoms. The summed E-state index contributed by atoms with van der Waals surface area (Å²) in [5.74, 6) is -0.00532. The lowest BCUT2D eigenvalue weighted by atomic mass is 9.97. The Bertz CT molecular complexity index is 1250. The van der Waals surface area contributed by atoms with Crippen LogP contribution in [-0.4, -0.2) is 47.7 Å². The maximum Gasteiger partial charge on any atom is 0.275 e. The molecule has 0 radical (unpaired) electrons. The molecule has 4 rings (SSSR count). The number of anilines is 1. The van der Waals surface area contributed by atoms with Crippen LogP contribution in [0.1, 0.15) is 63.0 Å². The highest BCUT2D eigenvalue weighted by atomic mass is 32.1. The van der Waals surface area contributed by atoms with Crippen molar-refractivity contribution in [2.24, 2.45) is 0 Å². The van der Waals surface area contributed by atoms with Crippen LogP contribution in [0.4, 0.5) is 10.1 Å². The fraction of sp³-hybridized carbons (Fsp3) is 0.333. The number of aryl methyl sites for hydroxylation is 1. The van der Waals surface area contributed by atoms with E-state index in [0.717, 1.165) is 17.8 Å². The van der Waals surface area contributed by atoms with Crippen molar-refractivity contribution in [3.8, 4) is 5.75 Å². The second kappa shape index (κ2) is 11.4. The number of likely N-dealkylation sites (tertiary alicyclic amines) is 1. The number of ether oxygens (including phenoxy) is 1. The van der Waals surface area contributed by atoms with Gasteiger partial charge in [0.25, 0.3) is 5.91 Å². The molecule has 1 aromatic heterocycles. The number of ketones is 1. The normalized spacial score (nSPS) is 13.9. The van der Waals surface area contributed by atoms with Gasteiger partial charge in [-0.25, -0.2) is 9.37 Å². The average molecular weight is 510 g/mol. The van der Waals surface area contributed by atoms with E-state index in [1.807, 2.05) is 0 Å². The van der Waals surface area contributed by atoms with Crippen molar-refractivity contribution >= 4 is 34.6 Å². The van der Waals surface area contributed by atoms with E-state index in [-0.39, 0.29) is 42.2 Å². The number of hydrogen-bond donors (Lipinski definition) is 1. The number of thiazole rings is 1. The third-order valence-electron chi connectivity index (χ3n) is 6.36. The summed E-state index contributed by atoms with van der Waals surface area (Å²) in [6.45, 7) is 2.84. The van der Waals surface area contributed by atoms with E-state index in [0.29, 0.717) is 41.3 Å². The Morgan fingerprint density at radius 3 is 2.50 bits per heavy atom. The maximum atomic E-state index is 13.7. The molecule has 1 aliphatic heterocycles. The molecule has 2 amide bonds. The summed E-state index contributed by atoms with van der Waals surface area (Å²) < 4.78 is 18.8. The van der Waals surface area contributed by atoms with Gasteiger partial charge in [-0.3, -0.25) is 14.4 Å². The Balaban J connectivity index is 1.25. The number of carbonyl (C=O) groups excluding carboxylic acids is 3. The first-order valence-electron chi connectivity index (χ1n) is 11.8. The van der Waals surface area contributed by atoms with E-state index in [2.05, 4.69) is 10.3 Å². The minimum atomic E-state index is -0.380. The number of amides is 2. The number of nitrogens with one attached hydrogen (secondary N) is 1. The van der Waals surface area contributed by atoms with Crippen LogP contribution in [-0.2, 0) is 4.79 Å². The van der Waals surface area contributed by atoms with Crippen LogP contribution in [0.2, 0.25) is 0 Å². The van der Waals surface area contributed by atoms with Crippen molar-refractivity contribution in [3.63, 3.8) is 0 Å². The molecule has 7 nitrogen and oxygen atoms in total. The molecule has 9 heteroatoms. The van der Waals surface area contributed by atoms with Crippen LogP contribution in [0.5, 0.6) is 5.75 Å². The molecule has 0 bridgehead atoms. The number of aromatic nitrogens is 1. The quantitative estimate of drug-likeness (QED) is 0.421. The highest BCUT2D eigenvalue weighted by molar-refractivity contribution is 7.10. The Kier molecular flexibility index (Phi) is 8.10. The van der Waals surface area contributed by atoms with Crippen LogP contribution in [0.25, 0.3) is 0 Å². The molecule has 1 N–H and O–H groups in total. The van der Waals surface area contributed by atoms with Crippen molar-refractivity contribution in [2.45, 2.75) is 38.5 Å². The smallest absolute Gasteiger partial charge is 0.275 e. The van der Waals surface area contributed by atoms with Crippen LogP contribution < -0.4 is 10.1 Å². The SMILES string of the molecule is COc1ccc(C(=O)CCC(=O)N2CCC(c3nc(C(=O)Nc4ccc(C)c(F)c4)cs3)CC2)cc1. The van der Waals surface area contributed by atoms with Gasteiger partial charge < -0.3 is 15.0 Å². The number of piperidine rings is 1. The number of methoxy groups -OCH3 is 1. The standard InChI is InChI=1S/C27H28FN3O4S/c1-17-3-6-20(15-22(17)28)29-26(34)23-16-36-27(30-23)19-11-13-31(14-12-19)25(33)10-9-24(32)18-4-7-21(35-2)8-5-18/h3-8,15-16,19H,9-14H2,1-2H3,(H,29,34). The van der Waals surface area contributed by atoms with E-state index < -0.39 is 0 Å². The number of benzene rings is 2. The van der Waals surface area contributed by atoms with Crippen LogP contribution in [0.3, 0.4) is 0 Å². The number of Topliss-reactive ketones (excluding diaryl/α,β-unsaturated/α-hetero) is 1. The molecule has 2 aromatic carbocycles. The monoisotopic (exact) mass is 509 g/mol. The first-order chi connectivity index (χ1) is 17.3. The van der Waals surface area contributed by atoms with Gasteiger partial charge >= 0.3 is 0 Å². The summed E-state index contributed by atoms with van der Waals surface area (Å²) in [5, 5.41) is 5.25. The predicted molar refractivity (Wildman–Crippen MR) is 136 cm³/mol. The molecule has 0 aliphatic carbocycles. The molecule has 1 saturated heterocycles. The molecular formula is C27H28FN3O4S. The van der Waals surface area contributed by atoms with Gasteiger partial charge in [0.1, 0.15) is 17.3 Å². The predicted octanol–water partition coefficient (Wildman–Crippen LogP) is 5.22. The minimum Gasteiger partial charge on any atom is -0.497 e. The van der Waals surface area contributed by atoms with Crippen molar-refractivity contribution in [2.75, 3.05) is 25.5 Å². The van der Waals surface area contributed by atoms with E-state index in [1.165, 1.54) is 17.4 Å². The summed E-state index contributed by atoms with van der Waals surface area (Å²) in [4.78, 5) is 43.9. The highest BCUT2D eigenvalue weighted by Crippen LogP contribution is 2.31. The molecule has 0 atom stereocenters. The lowest BCUT2D eigenvalue weighted by Gasteiger charge is -2.31. The third kappa shape index (κ3) is 6.15. The van der Waals surface area contributed by atoms with Gasteiger partial charge in [-0.05, 0) is 61.7 Å².